The van der Waals surface area contributed by atoms with E-state index in [1.165, 1.54) is 6.92 Å². The minimum Gasteiger partial charge on any atom is -0.342 e. The smallest absolute Gasteiger partial charge is 0.251 e. The van der Waals surface area contributed by atoms with E-state index in [1.54, 1.807) is 24.3 Å². The highest BCUT2D eigenvalue weighted by Gasteiger charge is 2.20. The van der Waals surface area contributed by atoms with Crippen molar-refractivity contribution < 1.29 is 9.59 Å². The van der Waals surface area contributed by atoms with Crippen molar-refractivity contribution in [3.8, 4) is 0 Å². The Bertz CT molecular complexity index is 371. The maximum Gasteiger partial charge on any atom is 0.251 e. The molecule has 1 aromatic carbocycles. The first-order valence-corrected chi connectivity index (χ1v) is 5.38. The Morgan fingerprint density at radius 3 is 2.12 bits per heavy atom. The number of rotatable bonds is 4. The molecular formula is C13H17NO2. The molecule has 0 radical (unpaired) electrons. The number of hydrogen-bond acceptors (Lipinski definition) is 2. The van der Waals surface area contributed by atoms with Crippen molar-refractivity contribution in [2.45, 2.75) is 26.8 Å². The van der Waals surface area contributed by atoms with Crippen molar-refractivity contribution in [3.63, 3.8) is 0 Å². The third-order valence-electron chi connectivity index (χ3n) is 2.43. The Balaban J connectivity index is 2.74. The van der Waals surface area contributed by atoms with Gasteiger partial charge in [0.1, 0.15) is 0 Å². The van der Waals surface area contributed by atoms with Gasteiger partial charge in [0, 0.05) is 5.56 Å². The zero-order chi connectivity index (χ0) is 12.1. The number of carbonyl (C=O) groups excluding carboxylic acids is 2. The topological polar surface area (TPSA) is 46.2 Å². The highest BCUT2D eigenvalue weighted by Crippen LogP contribution is 2.05. The first-order chi connectivity index (χ1) is 7.52. The summed E-state index contributed by atoms with van der Waals surface area (Å²) in [5, 5.41) is 2.74. The van der Waals surface area contributed by atoms with Crippen LogP contribution in [0.25, 0.3) is 0 Å². The van der Waals surface area contributed by atoms with Gasteiger partial charge in [0.15, 0.2) is 5.78 Å². The van der Waals surface area contributed by atoms with Crippen LogP contribution in [0.4, 0.5) is 0 Å². The van der Waals surface area contributed by atoms with Crippen LogP contribution in [0.2, 0.25) is 0 Å². The van der Waals surface area contributed by atoms with Gasteiger partial charge in [-0.15, -0.1) is 0 Å². The van der Waals surface area contributed by atoms with Crippen LogP contribution in [0.5, 0.6) is 0 Å². The van der Waals surface area contributed by atoms with Gasteiger partial charge in [0.25, 0.3) is 5.91 Å². The summed E-state index contributed by atoms with van der Waals surface area (Å²) in [6.07, 6.45) is 0. The summed E-state index contributed by atoms with van der Waals surface area (Å²) in [5.41, 5.74) is 0.578. The average Bonchev–Trinajstić information content (AvgIpc) is 2.25. The molecule has 1 aromatic rings. The van der Waals surface area contributed by atoms with Gasteiger partial charge in [-0.05, 0) is 25.0 Å². The summed E-state index contributed by atoms with van der Waals surface area (Å²) in [6, 6.07) is 8.49. The van der Waals surface area contributed by atoms with Gasteiger partial charge in [-0.1, -0.05) is 32.0 Å². The zero-order valence-electron chi connectivity index (χ0n) is 9.86. The van der Waals surface area contributed by atoms with Crippen LogP contribution in [0.3, 0.4) is 0 Å². The lowest BCUT2D eigenvalue weighted by molar-refractivity contribution is -0.119. The minimum absolute atomic E-state index is 0.0146. The molecule has 1 amide bonds. The van der Waals surface area contributed by atoms with Gasteiger partial charge in [0.05, 0.1) is 6.04 Å². The highest BCUT2D eigenvalue weighted by molar-refractivity contribution is 5.97. The summed E-state index contributed by atoms with van der Waals surface area (Å²) in [5.74, 6) is -0.112. The molecule has 0 fully saturated rings. The van der Waals surface area contributed by atoms with E-state index in [0.717, 1.165) is 0 Å². The van der Waals surface area contributed by atoms with Gasteiger partial charge in [-0.25, -0.2) is 0 Å². The Kier molecular flexibility index (Phi) is 4.23. The number of hydrogen-bond donors (Lipinski definition) is 1. The summed E-state index contributed by atoms with van der Waals surface area (Å²) >= 11 is 0. The second kappa shape index (κ2) is 5.45. The number of carbonyl (C=O) groups is 2. The number of Topliss-reactive ketones (excluding diaryl/α,β-unsaturated/α-hetero) is 1. The quantitative estimate of drug-likeness (QED) is 0.842. The van der Waals surface area contributed by atoms with E-state index in [-0.39, 0.29) is 17.6 Å². The molecule has 0 aliphatic rings. The van der Waals surface area contributed by atoms with Crippen LogP contribution in [0.15, 0.2) is 30.3 Å². The Labute approximate surface area is 95.9 Å². The van der Waals surface area contributed by atoms with E-state index in [2.05, 4.69) is 5.32 Å². The molecule has 0 spiro atoms. The average molecular weight is 219 g/mol. The maximum atomic E-state index is 11.8. The van der Waals surface area contributed by atoms with Crippen molar-refractivity contribution in [1.29, 1.82) is 0 Å². The van der Waals surface area contributed by atoms with Crippen molar-refractivity contribution in [3.05, 3.63) is 35.9 Å². The molecule has 0 bridgehead atoms. The lowest BCUT2D eigenvalue weighted by atomic mass is 10.0. The molecule has 1 N–H and O–H groups in total. The molecule has 0 unspecified atom stereocenters. The third-order valence-corrected chi connectivity index (χ3v) is 2.43. The van der Waals surface area contributed by atoms with Crippen LogP contribution in [0.1, 0.15) is 31.1 Å². The normalized spacial score (nSPS) is 12.2. The van der Waals surface area contributed by atoms with Crippen LogP contribution in [-0.4, -0.2) is 17.7 Å². The highest BCUT2D eigenvalue weighted by atomic mass is 16.2. The Morgan fingerprint density at radius 2 is 1.69 bits per heavy atom. The van der Waals surface area contributed by atoms with E-state index in [1.807, 2.05) is 19.9 Å². The molecule has 16 heavy (non-hydrogen) atoms. The lowest BCUT2D eigenvalue weighted by Crippen LogP contribution is -2.43. The van der Waals surface area contributed by atoms with Gasteiger partial charge in [0.2, 0.25) is 0 Å². The fourth-order valence-corrected chi connectivity index (χ4v) is 1.55. The number of nitrogens with one attached hydrogen (secondary N) is 1. The second-order valence-electron chi connectivity index (χ2n) is 4.17. The number of ketones is 1. The minimum atomic E-state index is -0.410. The summed E-state index contributed by atoms with van der Waals surface area (Å²) < 4.78 is 0. The molecule has 3 nitrogen and oxygen atoms in total. The molecular weight excluding hydrogens is 202 g/mol. The first-order valence-electron chi connectivity index (χ1n) is 5.38. The molecule has 0 saturated heterocycles. The third kappa shape index (κ3) is 3.19. The predicted molar refractivity (Wildman–Crippen MR) is 63.2 cm³/mol. The van der Waals surface area contributed by atoms with E-state index in [0.29, 0.717) is 5.56 Å². The van der Waals surface area contributed by atoms with Crippen LogP contribution in [0, 0.1) is 5.92 Å². The largest absolute Gasteiger partial charge is 0.342 e. The van der Waals surface area contributed by atoms with Crippen molar-refractivity contribution >= 4 is 11.7 Å². The molecule has 3 heteroatoms. The zero-order valence-corrected chi connectivity index (χ0v) is 9.86. The maximum absolute atomic E-state index is 11.8. The monoisotopic (exact) mass is 219 g/mol. The Morgan fingerprint density at radius 1 is 1.12 bits per heavy atom. The van der Waals surface area contributed by atoms with E-state index in [4.69, 9.17) is 0 Å². The molecule has 0 heterocycles. The molecule has 0 aromatic heterocycles. The van der Waals surface area contributed by atoms with Crippen LogP contribution in [-0.2, 0) is 4.79 Å². The van der Waals surface area contributed by atoms with Crippen LogP contribution >= 0.6 is 0 Å². The molecule has 1 atom stereocenters. The van der Waals surface area contributed by atoms with E-state index >= 15 is 0 Å². The van der Waals surface area contributed by atoms with Crippen molar-refractivity contribution in [2.24, 2.45) is 5.92 Å². The summed E-state index contributed by atoms with van der Waals surface area (Å²) in [4.78, 5) is 23.1. The van der Waals surface area contributed by atoms with Gasteiger partial charge >= 0.3 is 0 Å². The lowest BCUT2D eigenvalue weighted by Gasteiger charge is -2.19. The molecule has 0 saturated carbocycles. The second-order valence-corrected chi connectivity index (χ2v) is 4.17. The molecule has 86 valence electrons. The SMILES string of the molecule is CC(=O)[C@@H](NC(=O)c1ccccc1)C(C)C. The number of amides is 1. The Hall–Kier alpha value is -1.64. The van der Waals surface area contributed by atoms with Gasteiger partial charge in [-0.3, -0.25) is 9.59 Å². The molecule has 1 rings (SSSR count). The summed E-state index contributed by atoms with van der Waals surface area (Å²) in [7, 11) is 0. The molecule has 0 aliphatic carbocycles. The fourth-order valence-electron chi connectivity index (χ4n) is 1.55. The van der Waals surface area contributed by atoms with Gasteiger partial charge < -0.3 is 5.32 Å². The van der Waals surface area contributed by atoms with E-state index < -0.39 is 6.04 Å². The van der Waals surface area contributed by atoms with Crippen molar-refractivity contribution in [1.82, 2.24) is 5.32 Å². The standard InChI is InChI=1S/C13H17NO2/c1-9(2)12(10(3)15)14-13(16)11-7-5-4-6-8-11/h4-9,12H,1-3H3,(H,14,16)/t12-/m0/s1. The van der Waals surface area contributed by atoms with Gasteiger partial charge in [-0.2, -0.15) is 0 Å². The van der Waals surface area contributed by atoms with E-state index in [9.17, 15) is 9.59 Å². The molecule has 0 aliphatic heterocycles. The summed E-state index contributed by atoms with van der Waals surface area (Å²) in [6.45, 7) is 5.32. The number of benzene rings is 1. The first kappa shape index (κ1) is 12.4. The van der Waals surface area contributed by atoms with Crippen LogP contribution < -0.4 is 5.32 Å². The van der Waals surface area contributed by atoms with Crippen molar-refractivity contribution in [2.75, 3.05) is 0 Å². The predicted octanol–water partition coefficient (Wildman–Crippen LogP) is 2.03. The fraction of sp³-hybridized carbons (Fsp3) is 0.385.